The van der Waals surface area contributed by atoms with Crippen molar-refractivity contribution in [3.8, 4) is 5.75 Å². The minimum Gasteiger partial charge on any atom is -0.494 e. The molecular weight excluding hydrogens is 300 g/mol. The fourth-order valence-corrected chi connectivity index (χ4v) is 2.75. The van der Waals surface area contributed by atoms with Gasteiger partial charge >= 0.3 is 0 Å². The summed E-state index contributed by atoms with van der Waals surface area (Å²) in [6.07, 6.45) is 3.68. The molecule has 1 unspecified atom stereocenters. The van der Waals surface area contributed by atoms with Gasteiger partial charge in [0.15, 0.2) is 0 Å². The number of halogens is 1. The number of benzene rings is 1. The molecule has 1 heterocycles. The quantitative estimate of drug-likeness (QED) is 0.747. The van der Waals surface area contributed by atoms with Crippen molar-refractivity contribution in [1.29, 1.82) is 0 Å². The maximum atomic E-state index is 12.1. The molecule has 22 heavy (non-hydrogen) atoms. The maximum absolute atomic E-state index is 12.1. The SMILES string of the molecule is CN(CCCOc1ccc(Cl)cc1)C(=O)CCC1CCNC1. The average Bonchev–Trinajstić information content (AvgIpc) is 3.04. The second kappa shape index (κ2) is 9.01. The largest absolute Gasteiger partial charge is 0.494 e. The lowest BCUT2D eigenvalue weighted by atomic mass is 10.0. The highest BCUT2D eigenvalue weighted by atomic mass is 35.5. The molecule has 2 rings (SSSR count). The van der Waals surface area contributed by atoms with E-state index < -0.39 is 0 Å². The molecule has 0 radical (unpaired) electrons. The van der Waals surface area contributed by atoms with Crippen molar-refractivity contribution < 1.29 is 9.53 Å². The minimum absolute atomic E-state index is 0.235. The Bertz CT molecular complexity index is 458. The first-order valence-electron chi connectivity index (χ1n) is 7.98. The van der Waals surface area contributed by atoms with Crippen LogP contribution < -0.4 is 10.1 Å². The first-order valence-corrected chi connectivity index (χ1v) is 8.36. The summed E-state index contributed by atoms with van der Waals surface area (Å²) in [7, 11) is 1.87. The van der Waals surface area contributed by atoms with E-state index in [0.29, 0.717) is 24.0 Å². The molecule has 0 bridgehead atoms. The van der Waals surface area contributed by atoms with Crippen molar-refractivity contribution in [3.05, 3.63) is 29.3 Å². The highest BCUT2D eigenvalue weighted by Gasteiger charge is 2.17. The fraction of sp³-hybridized carbons (Fsp3) is 0.588. The zero-order valence-corrected chi connectivity index (χ0v) is 13.9. The molecule has 5 heteroatoms. The number of hydrogen-bond donors (Lipinski definition) is 1. The van der Waals surface area contributed by atoms with Crippen LogP contribution in [-0.2, 0) is 4.79 Å². The summed E-state index contributed by atoms with van der Waals surface area (Å²) in [6.45, 7) is 3.49. The zero-order valence-electron chi connectivity index (χ0n) is 13.2. The first kappa shape index (κ1) is 17.1. The van der Waals surface area contributed by atoms with Crippen molar-refractivity contribution in [2.75, 3.05) is 33.3 Å². The van der Waals surface area contributed by atoms with Gasteiger partial charge in [0.2, 0.25) is 5.91 Å². The summed E-state index contributed by atoms with van der Waals surface area (Å²) in [4.78, 5) is 13.9. The van der Waals surface area contributed by atoms with E-state index in [1.807, 2.05) is 36.2 Å². The number of carbonyl (C=O) groups is 1. The topological polar surface area (TPSA) is 41.6 Å². The van der Waals surface area contributed by atoms with Crippen LogP contribution in [0.4, 0.5) is 0 Å². The van der Waals surface area contributed by atoms with E-state index in [-0.39, 0.29) is 5.91 Å². The Labute approximate surface area is 137 Å². The van der Waals surface area contributed by atoms with Gasteiger partial charge in [-0.1, -0.05) is 11.6 Å². The van der Waals surface area contributed by atoms with E-state index in [1.54, 1.807) is 0 Å². The molecule has 1 aromatic rings. The molecule has 4 nitrogen and oxygen atoms in total. The maximum Gasteiger partial charge on any atom is 0.222 e. The number of rotatable bonds is 8. The first-order chi connectivity index (χ1) is 10.6. The molecule has 0 spiro atoms. The Morgan fingerprint density at radius 1 is 1.41 bits per heavy atom. The summed E-state index contributed by atoms with van der Waals surface area (Å²) in [5.41, 5.74) is 0. The normalized spacial score (nSPS) is 17.5. The monoisotopic (exact) mass is 324 g/mol. The van der Waals surface area contributed by atoms with E-state index >= 15 is 0 Å². The molecule has 1 amide bonds. The Morgan fingerprint density at radius 2 is 2.18 bits per heavy atom. The Balaban J connectivity index is 1.57. The zero-order chi connectivity index (χ0) is 15.8. The van der Waals surface area contributed by atoms with Crippen molar-refractivity contribution in [2.24, 2.45) is 5.92 Å². The highest BCUT2D eigenvalue weighted by molar-refractivity contribution is 6.30. The molecule has 122 valence electrons. The van der Waals surface area contributed by atoms with Crippen LogP contribution in [0.25, 0.3) is 0 Å². The van der Waals surface area contributed by atoms with Crippen LogP contribution in [0.2, 0.25) is 5.02 Å². The number of amides is 1. The van der Waals surface area contributed by atoms with Gasteiger partial charge < -0.3 is 15.0 Å². The molecule has 1 aliphatic heterocycles. The lowest BCUT2D eigenvalue weighted by Crippen LogP contribution is -2.29. The predicted octanol–water partition coefficient (Wildman–Crippen LogP) is 2.96. The fourth-order valence-electron chi connectivity index (χ4n) is 2.63. The average molecular weight is 325 g/mol. The van der Waals surface area contributed by atoms with Crippen LogP contribution in [0.3, 0.4) is 0 Å². The Morgan fingerprint density at radius 3 is 2.86 bits per heavy atom. The summed E-state index contributed by atoms with van der Waals surface area (Å²) in [5, 5.41) is 4.04. The van der Waals surface area contributed by atoms with Crippen LogP contribution in [0.15, 0.2) is 24.3 Å². The second-order valence-electron chi connectivity index (χ2n) is 5.87. The van der Waals surface area contributed by atoms with Gasteiger partial charge in [-0.05, 0) is 62.5 Å². The summed E-state index contributed by atoms with van der Waals surface area (Å²) in [6, 6.07) is 7.33. The smallest absolute Gasteiger partial charge is 0.222 e. The summed E-state index contributed by atoms with van der Waals surface area (Å²) < 4.78 is 5.63. The molecule has 1 aromatic carbocycles. The van der Waals surface area contributed by atoms with Crippen LogP contribution in [0.1, 0.15) is 25.7 Å². The third kappa shape index (κ3) is 5.85. The molecule has 0 aliphatic carbocycles. The van der Waals surface area contributed by atoms with Crippen LogP contribution in [0, 0.1) is 5.92 Å². The number of nitrogens with zero attached hydrogens (tertiary/aromatic N) is 1. The second-order valence-corrected chi connectivity index (χ2v) is 6.31. The van der Waals surface area contributed by atoms with Gasteiger partial charge in [-0.25, -0.2) is 0 Å². The van der Waals surface area contributed by atoms with Crippen LogP contribution >= 0.6 is 11.6 Å². The van der Waals surface area contributed by atoms with Crippen molar-refractivity contribution in [1.82, 2.24) is 10.2 Å². The van der Waals surface area contributed by atoms with Gasteiger partial charge in [0, 0.05) is 25.0 Å². The molecule has 0 aromatic heterocycles. The number of ether oxygens (including phenoxy) is 1. The van der Waals surface area contributed by atoms with E-state index in [0.717, 1.165) is 38.2 Å². The van der Waals surface area contributed by atoms with Crippen molar-refractivity contribution >= 4 is 17.5 Å². The molecule has 1 fully saturated rings. The number of nitrogens with one attached hydrogen (secondary N) is 1. The van der Waals surface area contributed by atoms with Gasteiger partial charge in [-0.3, -0.25) is 4.79 Å². The molecule has 1 saturated heterocycles. The van der Waals surface area contributed by atoms with E-state index in [2.05, 4.69) is 5.32 Å². The lowest BCUT2D eigenvalue weighted by Gasteiger charge is -2.18. The predicted molar refractivity (Wildman–Crippen MR) is 89.4 cm³/mol. The molecule has 1 atom stereocenters. The van der Waals surface area contributed by atoms with E-state index in [1.165, 1.54) is 6.42 Å². The molecule has 1 aliphatic rings. The Kier molecular flexibility index (Phi) is 7.00. The number of hydrogen-bond acceptors (Lipinski definition) is 3. The molecule has 0 saturated carbocycles. The molecule has 1 N–H and O–H groups in total. The van der Waals surface area contributed by atoms with Gasteiger partial charge in [-0.15, -0.1) is 0 Å². The lowest BCUT2D eigenvalue weighted by molar-refractivity contribution is -0.130. The van der Waals surface area contributed by atoms with Gasteiger partial charge in [0.25, 0.3) is 0 Å². The van der Waals surface area contributed by atoms with Gasteiger partial charge in [0.1, 0.15) is 5.75 Å². The Hall–Kier alpha value is -1.26. The van der Waals surface area contributed by atoms with Gasteiger partial charge in [-0.2, -0.15) is 0 Å². The third-order valence-corrected chi connectivity index (χ3v) is 4.33. The summed E-state index contributed by atoms with van der Waals surface area (Å²) >= 11 is 5.82. The van der Waals surface area contributed by atoms with Crippen molar-refractivity contribution in [2.45, 2.75) is 25.7 Å². The minimum atomic E-state index is 0.235. The van der Waals surface area contributed by atoms with Crippen molar-refractivity contribution in [3.63, 3.8) is 0 Å². The molecular formula is C17H25ClN2O2. The summed E-state index contributed by atoms with van der Waals surface area (Å²) in [5.74, 6) is 1.72. The number of carbonyl (C=O) groups excluding carboxylic acids is 1. The standard InChI is InChI=1S/C17H25ClN2O2/c1-20(17(21)8-3-14-9-10-19-13-14)11-2-12-22-16-6-4-15(18)5-7-16/h4-7,14,19H,2-3,8-13H2,1H3. The van der Waals surface area contributed by atoms with E-state index in [9.17, 15) is 4.79 Å². The van der Waals surface area contributed by atoms with Crippen LogP contribution in [0.5, 0.6) is 5.75 Å². The van der Waals surface area contributed by atoms with E-state index in [4.69, 9.17) is 16.3 Å². The van der Waals surface area contributed by atoms with Gasteiger partial charge in [0.05, 0.1) is 6.61 Å². The third-order valence-electron chi connectivity index (χ3n) is 4.07. The highest BCUT2D eigenvalue weighted by Crippen LogP contribution is 2.16. The van der Waals surface area contributed by atoms with Crippen LogP contribution in [-0.4, -0.2) is 44.1 Å².